The first-order valence-electron chi connectivity index (χ1n) is 5.80. The van der Waals surface area contributed by atoms with Gasteiger partial charge in [0.1, 0.15) is 0 Å². The molecule has 1 rings (SSSR count). The average molecular weight is 222 g/mol. The summed E-state index contributed by atoms with van der Waals surface area (Å²) in [5.74, 6) is 0. The van der Waals surface area contributed by atoms with E-state index in [0.29, 0.717) is 0 Å². The van der Waals surface area contributed by atoms with Crippen molar-refractivity contribution in [1.29, 1.82) is 0 Å². The summed E-state index contributed by atoms with van der Waals surface area (Å²) in [5, 5.41) is 12.3. The smallest absolute Gasteiger partial charge is 0.0611 e. The van der Waals surface area contributed by atoms with Gasteiger partial charge in [-0.25, -0.2) is 0 Å². The summed E-state index contributed by atoms with van der Waals surface area (Å²) in [6.07, 6.45) is 2.53. The van der Waals surface area contributed by atoms with Gasteiger partial charge in [-0.15, -0.1) is 0 Å². The van der Waals surface area contributed by atoms with Gasteiger partial charge in [0, 0.05) is 18.3 Å². The van der Waals surface area contributed by atoms with Crippen molar-refractivity contribution in [3.05, 3.63) is 29.8 Å². The number of benzene rings is 1. The third-order valence-corrected chi connectivity index (χ3v) is 3.17. The molecule has 0 aliphatic carbocycles. The van der Waals surface area contributed by atoms with Crippen molar-refractivity contribution >= 4 is 5.69 Å². The lowest BCUT2D eigenvalue weighted by Gasteiger charge is -2.25. The van der Waals surface area contributed by atoms with Crippen LogP contribution in [0.4, 0.5) is 5.69 Å². The first-order chi connectivity index (χ1) is 7.63. The van der Waals surface area contributed by atoms with E-state index in [0.717, 1.165) is 24.9 Å². The molecule has 3 nitrogen and oxygen atoms in total. The molecule has 3 heteroatoms. The lowest BCUT2D eigenvalue weighted by Crippen LogP contribution is -2.43. The largest absolute Gasteiger partial charge is 0.394 e. The van der Waals surface area contributed by atoms with E-state index in [-0.39, 0.29) is 6.61 Å². The fraction of sp³-hybridized carbons (Fsp3) is 0.538. The zero-order valence-electron chi connectivity index (χ0n) is 10.2. The molecule has 0 spiro atoms. The molecule has 16 heavy (non-hydrogen) atoms. The number of rotatable bonds is 6. The lowest BCUT2D eigenvalue weighted by molar-refractivity contribution is 0.183. The minimum atomic E-state index is -0.429. The van der Waals surface area contributed by atoms with Gasteiger partial charge in [0.15, 0.2) is 0 Å². The Hall–Kier alpha value is -1.06. The number of aliphatic hydroxyl groups is 1. The molecule has 0 fully saturated rings. The number of nitrogens with two attached hydrogens (primary N) is 1. The summed E-state index contributed by atoms with van der Waals surface area (Å²) in [6.45, 7) is 2.07. The Morgan fingerprint density at radius 1 is 1.31 bits per heavy atom. The molecule has 1 aromatic rings. The summed E-state index contributed by atoms with van der Waals surface area (Å²) in [7, 11) is 1.91. The fourth-order valence-electron chi connectivity index (χ4n) is 1.60. The van der Waals surface area contributed by atoms with Gasteiger partial charge in [0.05, 0.1) is 6.61 Å². The number of anilines is 1. The summed E-state index contributed by atoms with van der Waals surface area (Å²) in [5.41, 5.74) is 7.98. The molecule has 1 atom stereocenters. The van der Waals surface area contributed by atoms with Gasteiger partial charge in [-0.05, 0) is 37.0 Å². The lowest BCUT2D eigenvalue weighted by atomic mass is 9.90. The Balaban J connectivity index is 2.54. The van der Waals surface area contributed by atoms with E-state index in [9.17, 15) is 5.11 Å². The minimum absolute atomic E-state index is 0.0537. The van der Waals surface area contributed by atoms with Crippen molar-refractivity contribution in [3.8, 4) is 0 Å². The molecule has 0 aliphatic rings. The normalized spacial score (nSPS) is 14.5. The van der Waals surface area contributed by atoms with Crippen molar-refractivity contribution in [1.82, 2.24) is 0 Å². The van der Waals surface area contributed by atoms with Crippen LogP contribution in [0.25, 0.3) is 0 Å². The molecule has 1 unspecified atom stereocenters. The van der Waals surface area contributed by atoms with Crippen LogP contribution < -0.4 is 11.1 Å². The quantitative estimate of drug-likeness (QED) is 0.687. The zero-order chi connectivity index (χ0) is 12.0. The first-order valence-corrected chi connectivity index (χ1v) is 5.80. The van der Waals surface area contributed by atoms with Crippen LogP contribution in [-0.2, 0) is 6.42 Å². The second-order valence-corrected chi connectivity index (χ2v) is 4.32. The fourth-order valence-corrected chi connectivity index (χ4v) is 1.60. The Labute approximate surface area is 97.7 Å². The Morgan fingerprint density at radius 2 is 1.94 bits per heavy atom. The Bertz CT molecular complexity index is 304. The number of aliphatic hydroxyl groups excluding tert-OH is 1. The molecule has 0 amide bonds. The van der Waals surface area contributed by atoms with E-state index in [1.807, 2.05) is 14.0 Å². The van der Waals surface area contributed by atoms with Crippen molar-refractivity contribution in [2.45, 2.75) is 31.7 Å². The van der Waals surface area contributed by atoms with Crippen LogP contribution in [-0.4, -0.2) is 24.3 Å². The highest BCUT2D eigenvalue weighted by molar-refractivity contribution is 5.43. The van der Waals surface area contributed by atoms with Crippen LogP contribution in [0.15, 0.2) is 24.3 Å². The van der Waals surface area contributed by atoms with Crippen molar-refractivity contribution < 1.29 is 5.11 Å². The van der Waals surface area contributed by atoms with Crippen molar-refractivity contribution in [3.63, 3.8) is 0 Å². The zero-order valence-corrected chi connectivity index (χ0v) is 10.2. The van der Waals surface area contributed by atoms with E-state index in [4.69, 9.17) is 5.73 Å². The van der Waals surface area contributed by atoms with Gasteiger partial charge in [-0.1, -0.05) is 19.1 Å². The molecule has 4 N–H and O–H groups in total. The maximum Gasteiger partial charge on any atom is 0.0611 e. The summed E-state index contributed by atoms with van der Waals surface area (Å²) in [4.78, 5) is 0. The first kappa shape index (κ1) is 13.0. The predicted molar refractivity (Wildman–Crippen MR) is 68.6 cm³/mol. The summed E-state index contributed by atoms with van der Waals surface area (Å²) < 4.78 is 0. The molecule has 0 saturated carbocycles. The van der Waals surface area contributed by atoms with Gasteiger partial charge in [0.25, 0.3) is 0 Å². The summed E-state index contributed by atoms with van der Waals surface area (Å²) in [6, 6.07) is 8.30. The molecule has 0 aliphatic heterocycles. The van der Waals surface area contributed by atoms with Crippen LogP contribution in [0.3, 0.4) is 0 Å². The van der Waals surface area contributed by atoms with Gasteiger partial charge < -0.3 is 16.2 Å². The maximum absolute atomic E-state index is 9.21. The highest BCUT2D eigenvalue weighted by atomic mass is 16.3. The van der Waals surface area contributed by atoms with E-state index in [2.05, 4.69) is 29.6 Å². The third-order valence-electron chi connectivity index (χ3n) is 3.17. The van der Waals surface area contributed by atoms with Crippen molar-refractivity contribution in [2.75, 3.05) is 19.0 Å². The number of hydrogen-bond donors (Lipinski definition) is 3. The van der Waals surface area contributed by atoms with Gasteiger partial charge in [-0.2, -0.15) is 0 Å². The van der Waals surface area contributed by atoms with E-state index in [1.165, 1.54) is 5.56 Å². The van der Waals surface area contributed by atoms with Gasteiger partial charge in [-0.3, -0.25) is 0 Å². The van der Waals surface area contributed by atoms with Crippen LogP contribution in [0, 0.1) is 0 Å². The molecule has 0 saturated heterocycles. The van der Waals surface area contributed by atoms with E-state index >= 15 is 0 Å². The minimum Gasteiger partial charge on any atom is -0.394 e. The molecular formula is C13H22N2O. The van der Waals surface area contributed by atoms with Gasteiger partial charge >= 0.3 is 0 Å². The Morgan fingerprint density at radius 3 is 2.38 bits per heavy atom. The number of hydrogen-bond acceptors (Lipinski definition) is 3. The molecular weight excluding hydrogens is 200 g/mol. The highest BCUT2D eigenvalue weighted by Gasteiger charge is 2.20. The number of aryl methyl sites for hydroxylation is 1. The molecule has 0 aromatic heterocycles. The van der Waals surface area contributed by atoms with Crippen LogP contribution in [0.1, 0.15) is 25.3 Å². The molecule has 0 heterocycles. The van der Waals surface area contributed by atoms with Crippen LogP contribution >= 0.6 is 0 Å². The highest BCUT2D eigenvalue weighted by Crippen LogP contribution is 2.16. The maximum atomic E-state index is 9.21. The molecule has 90 valence electrons. The van der Waals surface area contributed by atoms with Crippen LogP contribution in [0.2, 0.25) is 0 Å². The molecule has 0 radical (unpaired) electrons. The second kappa shape index (κ2) is 5.87. The van der Waals surface area contributed by atoms with Crippen LogP contribution in [0.5, 0.6) is 0 Å². The predicted octanol–water partition coefficient (Wildman–Crippen LogP) is 1.76. The van der Waals surface area contributed by atoms with Crippen molar-refractivity contribution in [2.24, 2.45) is 5.73 Å². The molecule has 1 aromatic carbocycles. The monoisotopic (exact) mass is 222 g/mol. The average Bonchev–Trinajstić information content (AvgIpc) is 2.36. The molecule has 0 bridgehead atoms. The van der Waals surface area contributed by atoms with E-state index < -0.39 is 5.54 Å². The SMILES string of the molecule is CCC(N)(CO)CCc1ccc(NC)cc1. The van der Waals surface area contributed by atoms with E-state index in [1.54, 1.807) is 0 Å². The topological polar surface area (TPSA) is 58.3 Å². The number of nitrogens with one attached hydrogen (secondary N) is 1. The Kier molecular flexibility index (Phi) is 4.77. The van der Waals surface area contributed by atoms with Gasteiger partial charge in [0.2, 0.25) is 0 Å². The second-order valence-electron chi connectivity index (χ2n) is 4.32. The standard InChI is InChI=1S/C13H22N2O/c1-3-13(14,10-16)9-8-11-4-6-12(15-2)7-5-11/h4-7,15-16H,3,8-10,14H2,1-2H3. The summed E-state index contributed by atoms with van der Waals surface area (Å²) >= 11 is 0. The third kappa shape index (κ3) is 3.51.